The molecule has 2 aromatic rings. The van der Waals surface area contributed by atoms with Crippen molar-refractivity contribution in [3.05, 3.63) is 34.2 Å². The van der Waals surface area contributed by atoms with E-state index in [1.807, 2.05) is 6.07 Å². The molecule has 1 aromatic heterocycles. The van der Waals surface area contributed by atoms with E-state index >= 15 is 0 Å². The monoisotopic (exact) mass is 287 g/mol. The van der Waals surface area contributed by atoms with Crippen LogP contribution >= 0.6 is 0 Å². The third kappa shape index (κ3) is 3.05. The van der Waals surface area contributed by atoms with Gasteiger partial charge in [0, 0.05) is 12.1 Å². The van der Waals surface area contributed by atoms with Crippen LogP contribution in [0.15, 0.2) is 23.0 Å². The first kappa shape index (κ1) is 14.4. The van der Waals surface area contributed by atoms with Gasteiger partial charge in [-0.2, -0.15) is 0 Å². The van der Waals surface area contributed by atoms with Crippen LogP contribution in [0.1, 0.15) is 57.6 Å². The van der Waals surface area contributed by atoms with Crippen molar-refractivity contribution in [3.8, 4) is 0 Å². The lowest BCUT2D eigenvalue weighted by Gasteiger charge is -2.34. The summed E-state index contributed by atoms with van der Waals surface area (Å²) in [5.41, 5.74) is 2.86. The third-order valence-corrected chi connectivity index (χ3v) is 4.94. The molecule has 1 aliphatic rings. The summed E-state index contributed by atoms with van der Waals surface area (Å²) in [6, 6.07) is 7.10. The van der Waals surface area contributed by atoms with Crippen LogP contribution in [0.3, 0.4) is 0 Å². The van der Waals surface area contributed by atoms with Crippen molar-refractivity contribution in [2.75, 3.05) is 0 Å². The number of benzene rings is 1. The number of rotatable bonds is 4. The molecule has 1 heterocycles. The number of hydrogen-bond donors (Lipinski definition) is 3. The molecule has 0 amide bonds. The maximum absolute atomic E-state index is 11.3. The molecule has 4 heteroatoms. The van der Waals surface area contributed by atoms with Crippen LogP contribution in [-0.4, -0.2) is 16.0 Å². The van der Waals surface area contributed by atoms with E-state index in [0.717, 1.165) is 17.0 Å². The smallest absolute Gasteiger partial charge is 0.307 e. The van der Waals surface area contributed by atoms with E-state index in [4.69, 9.17) is 0 Å². The Morgan fingerprint density at radius 1 is 1.24 bits per heavy atom. The van der Waals surface area contributed by atoms with Gasteiger partial charge in [-0.3, -0.25) is 0 Å². The summed E-state index contributed by atoms with van der Waals surface area (Å²) in [5.74, 6) is 0.803. The number of aromatic amines is 2. The summed E-state index contributed by atoms with van der Waals surface area (Å²) < 4.78 is 0. The van der Waals surface area contributed by atoms with Crippen LogP contribution in [0, 0.1) is 5.92 Å². The summed E-state index contributed by atoms with van der Waals surface area (Å²) in [4.78, 5) is 17.0. The largest absolute Gasteiger partial charge is 0.323 e. The minimum atomic E-state index is -0.138. The van der Waals surface area contributed by atoms with E-state index in [1.165, 1.54) is 37.7 Å². The lowest BCUT2D eigenvalue weighted by molar-refractivity contribution is 0.241. The van der Waals surface area contributed by atoms with Gasteiger partial charge in [0.2, 0.25) is 0 Å². The molecule has 1 saturated carbocycles. The fourth-order valence-electron chi connectivity index (χ4n) is 3.65. The van der Waals surface area contributed by atoms with Gasteiger partial charge in [-0.05, 0) is 43.4 Å². The van der Waals surface area contributed by atoms with Crippen LogP contribution in [-0.2, 0) is 0 Å². The zero-order valence-electron chi connectivity index (χ0n) is 12.9. The molecule has 0 radical (unpaired) electrons. The van der Waals surface area contributed by atoms with E-state index in [1.54, 1.807) is 0 Å². The predicted octanol–water partition coefficient (Wildman–Crippen LogP) is 3.48. The summed E-state index contributed by atoms with van der Waals surface area (Å²) in [7, 11) is 0. The van der Waals surface area contributed by atoms with Gasteiger partial charge in [0.05, 0.1) is 11.0 Å². The topological polar surface area (TPSA) is 60.7 Å². The van der Waals surface area contributed by atoms with Crippen LogP contribution in [0.5, 0.6) is 0 Å². The second kappa shape index (κ2) is 6.06. The molecule has 1 fully saturated rings. The second-order valence-electron chi connectivity index (χ2n) is 6.33. The fraction of sp³-hybridized carbons (Fsp3) is 0.588. The van der Waals surface area contributed by atoms with Crippen LogP contribution in [0.2, 0.25) is 0 Å². The lowest BCUT2D eigenvalue weighted by atomic mass is 9.82. The molecule has 4 nitrogen and oxygen atoms in total. The number of aromatic nitrogens is 2. The minimum absolute atomic E-state index is 0.138. The molecule has 114 valence electrons. The number of imidazole rings is 1. The molecule has 0 aliphatic heterocycles. The van der Waals surface area contributed by atoms with E-state index in [0.29, 0.717) is 12.1 Å². The SMILES string of the molecule is CCC1CCCCC1NC(C)c1ccc2[nH]c(=O)[nH]c2c1. The third-order valence-electron chi connectivity index (χ3n) is 4.94. The summed E-state index contributed by atoms with van der Waals surface area (Å²) in [6.07, 6.45) is 6.61. The van der Waals surface area contributed by atoms with Gasteiger partial charge in [-0.1, -0.05) is 32.3 Å². The molecule has 0 spiro atoms. The van der Waals surface area contributed by atoms with Crippen LogP contribution in [0.25, 0.3) is 11.0 Å². The molecular formula is C17H25N3O. The molecule has 0 saturated heterocycles. The quantitative estimate of drug-likeness (QED) is 0.806. The van der Waals surface area contributed by atoms with Gasteiger partial charge >= 0.3 is 5.69 Å². The average molecular weight is 287 g/mol. The molecule has 3 rings (SSSR count). The Kier molecular flexibility index (Phi) is 4.15. The van der Waals surface area contributed by atoms with E-state index in [2.05, 4.69) is 41.3 Å². The van der Waals surface area contributed by atoms with Gasteiger partial charge in [0.25, 0.3) is 0 Å². The Balaban J connectivity index is 1.76. The maximum atomic E-state index is 11.3. The highest BCUT2D eigenvalue weighted by molar-refractivity contribution is 5.75. The summed E-state index contributed by atoms with van der Waals surface area (Å²) in [6.45, 7) is 4.51. The Bertz CT molecular complexity index is 657. The number of fused-ring (bicyclic) bond motifs is 1. The first-order valence-corrected chi connectivity index (χ1v) is 8.15. The molecule has 3 atom stereocenters. The first-order valence-electron chi connectivity index (χ1n) is 8.15. The zero-order chi connectivity index (χ0) is 14.8. The predicted molar refractivity (Wildman–Crippen MR) is 86.5 cm³/mol. The molecule has 3 N–H and O–H groups in total. The van der Waals surface area contributed by atoms with E-state index < -0.39 is 0 Å². The van der Waals surface area contributed by atoms with Crippen molar-refractivity contribution in [3.63, 3.8) is 0 Å². The van der Waals surface area contributed by atoms with Crippen molar-refractivity contribution in [2.45, 2.75) is 58.0 Å². The normalized spacial score (nSPS) is 24.3. The Hall–Kier alpha value is -1.55. The van der Waals surface area contributed by atoms with E-state index in [-0.39, 0.29) is 5.69 Å². The average Bonchev–Trinajstić information content (AvgIpc) is 2.86. The van der Waals surface area contributed by atoms with Gasteiger partial charge in [0.15, 0.2) is 0 Å². The number of H-pyrrole nitrogens is 2. The Labute approximate surface area is 125 Å². The second-order valence-corrected chi connectivity index (χ2v) is 6.33. The number of nitrogens with one attached hydrogen (secondary N) is 3. The Morgan fingerprint density at radius 2 is 2.00 bits per heavy atom. The van der Waals surface area contributed by atoms with Crippen LogP contribution < -0.4 is 11.0 Å². The Morgan fingerprint density at radius 3 is 2.81 bits per heavy atom. The fourth-order valence-corrected chi connectivity index (χ4v) is 3.65. The number of hydrogen-bond acceptors (Lipinski definition) is 2. The summed E-state index contributed by atoms with van der Waals surface area (Å²) in [5, 5.41) is 3.81. The highest BCUT2D eigenvalue weighted by atomic mass is 16.1. The molecule has 21 heavy (non-hydrogen) atoms. The van der Waals surface area contributed by atoms with Crippen LogP contribution in [0.4, 0.5) is 0 Å². The molecule has 0 bridgehead atoms. The molecule has 1 aliphatic carbocycles. The molecule has 1 aromatic carbocycles. The van der Waals surface area contributed by atoms with Gasteiger partial charge < -0.3 is 15.3 Å². The van der Waals surface area contributed by atoms with Crippen molar-refractivity contribution >= 4 is 11.0 Å². The zero-order valence-corrected chi connectivity index (χ0v) is 12.9. The first-order chi connectivity index (χ1) is 10.2. The standard InChI is InChI=1S/C17H25N3O/c1-3-12-6-4-5-7-14(12)18-11(2)13-8-9-15-16(10-13)20-17(21)19-15/h8-12,14,18H,3-7H2,1-2H3,(H2,19,20,21). The minimum Gasteiger partial charge on any atom is -0.307 e. The van der Waals surface area contributed by atoms with Crippen molar-refractivity contribution in [2.24, 2.45) is 5.92 Å². The van der Waals surface area contributed by atoms with Crippen molar-refractivity contribution in [1.29, 1.82) is 0 Å². The molecule has 3 unspecified atom stereocenters. The van der Waals surface area contributed by atoms with Crippen molar-refractivity contribution < 1.29 is 0 Å². The highest BCUT2D eigenvalue weighted by Gasteiger charge is 2.24. The van der Waals surface area contributed by atoms with Gasteiger partial charge in [-0.25, -0.2) is 4.79 Å². The lowest BCUT2D eigenvalue weighted by Crippen LogP contribution is -2.39. The van der Waals surface area contributed by atoms with E-state index in [9.17, 15) is 4.79 Å². The highest BCUT2D eigenvalue weighted by Crippen LogP contribution is 2.29. The molecular weight excluding hydrogens is 262 g/mol. The van der Waals surface area contributed by atoms with Gasteiger partial charge in [0.1, 0.15) is 0 Å². The maximum Gasteiger partial charge on any atom is 0.323 e. The van der Waals surface area contributed by atoms with Gasteiger partial charge in [-0.15, -0.1) is 0 Å². The van der Waals surface area contributed by atoms with Crippen molar-refractivity contribution in [1.82, 2.24) is 15.3 Å². The summed E-state index contributed by atoms with van der Waals surface area (Å²) >= 11 is 0.